The van der Waals surface area contributed by atoms with Crippen LogP contribution in [0.4, 0.5) is 0 Å². The highest BCUT2D eigenvalue weighted by Gasteiger charge is 2.16. The van der Waals surface area contributed by atoms with E-state index < -0.39 is 0 Å². The van der Waals surface area contributed by atoms with Gasteiger partial charge in [-0.1, -0.05) is 19.9 Å². The van der Waals surface area contributed by atoms with Crippen LogP contribution in [-0.2, 0) is 4.74 Å². The lowest BCUT2D eigenvalue weighted by Crippen LogP contribution is -2.32. The average molecular weight is 227 g/mol. The molecule has 0 aliphatic heterocycles. The molecule has 1 aromatic heterocycles. The lowest BCUT2D eigenvalue weighted by Gasteiger charge is -2.23. The molecule has 1 rings (SSSR count). The summed E-state index contributed by atoms with van der Waals surface area (Å²) in [4.78, 5) is 1.41. The van der Waals surface area contributed by atoms with Crippen molar-refractivity contribution in [3.8, 4) is 0 Å². The Morgan fingerprint density at radius 2 is 2.13 bits per heavy atom. The molecular weight excluding hydrogens is 206 g/mol. The van der Waals surface area contributed by atoms with E-state index in [0.717, 1.165) is 6.54 Å². The zero-order chi connectivity index (χ0) is 11.3. The highest BCUT2D eigenvalue weighted by atomic mass is 32.1. The Labute approximate surface area is 96.7 Å². The molecule has 86 valence electrons. The minimum Gasteiger partial charge on any atom is -0.380 e. The molecule has 0 fully saturated rings. The summed E-state index contributed by atoms with van der Waals surface area (Å²) in [6.45, 7) is 7.47. The van der Waals surface area contributed by atoms with E-state index in [-0.39, 0.29) is 6.10 Å². The van der Waals surface area contributed by atoms with Crippen LogP contribution in [0.5, 0.6) is 0 Å². The Kier molecular flexibility index (Phi) is 5.29. The van der Waals surface area contributed by atoms with Gasteiger partial charge in [0.25, 0.3) is 0 Å². The molecule has 0 aliphatic carbocycles. The molecule has 0 spiro atoms. The summed E-state index contributed by atoms with van der Waals surface area (Å²) in [7, 11) is 1.75. The summed E-state index contributed by atoms with van der Waals surface area (Å²) < 4.78 is 5.24. The fraction of sp³-hybridized carbons (Fsp3) is 0.667. The third kappa shape index (κ3) is 3.93. The normalized spacial score (nSPS) is 15.5. The van der Waals surface area contributed by atoms with Crippen LogP contribution in [0.25, 0.3) is 0 Å². The Morgan fingerprint density at radius 3 is 2.60 bits per heavy atom. The monoisotopic (exact) mass is 227 g/mol. The molecule has 0 aromatic carbocycles. The SMILES string of the molecule is COC(C)CNC(c1cccs1)C(C)C. The van der Waals surface area contributed by atoms with Crippen LogP contribution < -0.4 is 5.32 Å². The van der Waals surface area contributed by atoms with Crippen LogP contribution in [0, 0.1) is 5.92 Å². The number of hydrogen-bond donors (Lipinski definition) is 1. The minimum absolute atomic E-state index is 0.270. The zero-order valence-electron chi connectivity index (χ0n) is 9.99. The van der Waals surface area contributed by atoms with Gasteiger partial charge in [-0.05, 0) is 24.3 Å². The third-order valence-electron chi connectivity index (χ3n) is 2.54. The standard InChI is InChI=1S/C12H21NOS/c1-9(2)12(11-6-5-7-15-11)13-8-10(3)14-4/h5-7,9-10,12-13H,8H2,1-4H3. The molecule has 15 heavy (non-hydrogen) atoms. The van der Waals surface area contributed by atoms with Crippen LogP contribution in [0.1, 0.15) is 31.7 Å². The van der Waals surface area contributed by atoms with Crippen molar-refractivity contribution in [2.75, 3.05) is 13.7 Å². The van der Waals surface area contributed by atoms with E-state index in [0.29, 0.717) is 12.0 Å². The molecule has 3 heteroatoms. The van der Waals surface area contributed by atoms with E-state index in [2.05, 4.69) is 43.6 Å². The first-order valence-corrected chi connectivity index (χ1v) is 6.32. The second-order valence-corrected chi connectivity index (χ2v) is 5.17. The summed E-state index contributed by atoms with van der Waals surface area (Å²) >= 11 is 1.82. The summed E-state index contributed by atoms with van der Waals surface area (Å²) in [5, 5.41) is 5.69. The maximum Gasteiger partial charge on any atom is 0.0667 e. The first-order chi connectivity index (χ1) is 7.15. The maximum absolute atomic E-state index is 5.24. The molecule has 2 unspecified atom stereocenters. The van der Waals surface area contributed by atoms with Gasteiger partial charge in [-0.2, -0.15) is 0 Å². The van der Waals surface area contributed by atoms with Crippen LogP contribution in [0.2, 0.25) is 0 Å². The summed E-state index contributed by atoms with van der Waals surface area (Å²) in [5.41, 5.74) is 0. The van der Waals surface area contributed by atoms with Crippen molar-refractivity contribution in [1.29, 1.82) is 0 Å². The van der Waals surface area contributed by atoms with Gasteiger partial charge in [-0.15, -0.1) is 11.3 Å². The van der Waals surface area contributed by atoms with Gasteiger partial charge in [0.05, 0.1) is 6.10 Å². The fourth-order valence-electron chi connectivity index (χ4n) is 1.51. The molecule has 0 radical (unpaired) electrons. The Bertz CT molecular complexity index is 259. The molecule has 0 amide bonds. The van der Waals surface area contributed by atoms with E-state index in [1.165, 1.54) is 4.88 Å². The molecule has 1 N–H and O–H groups in total. The highest BCUT2D eigenvalue weighted by molar-refractivity contribution is 7.10. The lowest BCUT2D eigenvalue weighted by atomic mass is 10.0. The number of nitrogens with one attached hydrogen (secondary N) is 1. The zero-order valence-corrected chi connectivity index (χ0v) is 10.8. The lowest BCUT2D eigenvalue weighted by molar-refractivity contribution is 0.112. The smallest absolute Gasteiger partial charge is 0.0667 e. The van der Waals surface area contributed by atoms with E-state index >= 15 is 0 Å². The quantitative estimate of drug-likeness (QED) is 0.806. The van der Waals surface area contributed by atoms with Gasteiger partial charge >= 0.3 is 0 Å². The Balaban J connectivity index is 2.53. The summed E-state index contributed by atoms with van der Waals surface area (Å²) in [6, 6.07) is 4.75. The molecule has 1 heterocycles. The van der Waals surface area contributed by atoms with Crippen LogP contribution in [-0.4, -0.2) is 19.8 Å². The highest BCUT2D eigenvalue weighted by Crippen LogP contribution is 2.25. The van der Waals surface area contributed by atoms with Crippen LogP contribution in [0.3, 0.4) is 0 Å². The van der Waals surface area contributed by atoms with Crippen molar-refractivity contribution in [3.63, 3.8) is 0 Å². The average Bonchev–Trinajstić information content (AvgIpc) is 2.70. The first kappa shape index (κ1) is 12.7. The largest absolute Gasteiger partial charge is 0.380 e. The van der Waals surface area contributed by atoms with Crippen molar-refractivity contribution in [1.82, 2.24) is 5.32 Å². The molecule has 2 nitrogen and oxygen atoms in total. The molecule has 0 saturated carbocycles. The minimum atomic E-state index is 0.270. The predicted molar refractivity (Wildman–Crippen MR) is 66.4 cm³/mol. The Morgan fingerprint density at radius 1 is 1.40 bits per heavy atom. The predicted octanol–water partition coefficient (Wildman–Crippen LogP) is 3.07. The summed E-state index contributed by atoms with van der Waals surface area (Å²) in [6.07, 6.45) is 0.270. The van der Waals surface area contributed by atoms with Crippen molar-refractivity contribution >= 4 is 11.3 Å². The summed E-state index contributed by atoms with van der Waals surface area (Å²) in [5.74, 6) is 0.604. The van der Waals surface area contributed by atoms with Gasteiger partial charge < -0.3 is 10.1 Å². The van der Waals surface area contributed by atoms with Crippen LogP contribution >= 0.6 is 11.3 Å². The van der Waals surface area contributed by atoms with Gasteiger partial charge in [0.2, 0.25) is 0 Å². The Hall–Kier alpha value is -0.380. The van der Waals surface area contributed by atoms with Gasteiger partial charge in [0.15, 0.2) is 0 Å². The van der Waals surface area contributed by atoms with Crippen LogP contribution in [0.15, 0.2) is 17.5 Å². The van der Waals surface area contributed by atoms with E-state index in [1.54, 1.807) is 7.11 Å². The molecule has 0 aliphatic rings. The van der Waals surface area contributed by atoms with Gasteiger partial charge in [-0.3, -0.25) is 0 Å². The number of hydrogen-bond acceptors (Lipinski definition) is 3. The van der Waals surface area contributed by atoms with Crippen molar-refractivity contribution < 1.29 is 4.74 Å². The molecule has 0 bridgehead atoms. The third-order valence-corrected chi connectivity index (χ3v) is 3.50. The van der Waals surface area contributed by atoms with Crippen molar-refractivity contribution in [3.05, 3.63) is 22.4 Å². The number of rotatable bonds is 6. The van der Waals surface area contributed by atoms with Crippen molar-refractivity contribution in [2.45, 2.75) is 32.9 Å². The number of methoxy groups -OCH3 is 1. The van der Waals surface area contributed by atoms with Gasteiger partial charge in [-0.25, -0.2) is 0 Å². The van der Waals surface area contributed by atoms with Gasteiger partial charge in [0.1, 0.15) is 0 Å². The second-order valence-electron chi connectivity index (χ2n) is 4.19. The van der Waals surface area contributed by atoms with E-state index in [9.17, 15) is 0 Å². The van der Waals surface area contributed by atoms with Crippen molar-refractivity contribution in [2.24, 2.45) is 5.92 Å². The molecule has 2 atom stereocenters. The molecular formula is C12H21NOS. The number of ether oxygens (including phenoxy) is 1. The molecule has 0 saturated heterocycles. The number of thiophene rings is 1. The maximum atomic E-state index is 5.24. The second kappa shape index (κ2) is 6.26. The van der Waals surface area contributed by atoms with Gasteiger partial charge in [0, 0.05) is 24.6 Å². The van der Waals surface area contributed by atoms with E-state index in [1.807, 2.05) is 11.3 Å². The topological polar surface area (TPSA) is 21.3 Å². The molecule has 1 aromatic rings. The van der Waals surface area contributed by atoms with E-state index in [4.69, 9.17) is 4.74 Å². The fourth-order valence-corrected chi connectivity index (χ4v) is 2.48. The first-order valence-electron chi connectivity index (χ1n) is 5.44.